The molecule has 4 aliphatic heterocycles. The molecular formula is C108H116N16O2Si2. The van der Waals surface area contributed by atoms with Crippen LogP contribution in [0.5, 0.6) is 0 Å². The quantitative estimate of drug-likeness (QED) is 0.0895. The number of nitrogens with one attached hydrogen (secondary N) is 4. The molecule has 0 unspecified atom stereocenters. The molecule has 10 heterocycles. The molecule has 18 nitrogen and oxygen atoms in total. The van der Waals surface area contributed by atoms with Crippen molar-refractivity contribution in [2.24, 2.45) is 0 Å². The molecule has 4 aliphatic rings. The molecule has 4 N–H and O–H groups in total. The Hall–Kier alpha value is -12.3. The third-order valence-corrected chi connectivity index (χ3v) is 35.7. The summed E-state index contributed by atoms with van der Waals surface area (Å²) in [7, 11) is -4.93. The van der Waals surface area contributed by atoms with Crippen LogP contribution in [0.4, 0.5) is 0 Å². The maximum Gasteiger partial charge on any atom is 0.192 e. The highest BCUT2D eigenvalue weighted by atomic mass is 28.4. The Labute approximate surface area is 752 Å². The maximum absolute atomic E-state index is 7.30. The first kappa shape index (κ1) is 86.4. The van der Waals surface area contributed by atoms with E-state index in [-0.39, 0.29) is 55.8 Å². The monoisotopic (exact) mass is 1720 g/mol. The highest BCUT2D eigenvalue weighted by molar-refractivity contribution is 6.74. The molecule has 0 radical (unpaired) electrons. The molecule has 20 heteroatoms. The topological polar surface area (TPSA) is 236 Å². The number of rotatable bonds is 6. The third kappa shape index (κ3) is 16.1. The van der Waals surface area contributed by atoms with E-state index in [1.54, 1.807) is 0 Å². The molecular weight excluding hydrogens is 1610 g/mol. The van der Waals surface area contributed by atoms with E-state index < -0.39 is 16.6 Å². The van der Waals surface area contributed by atoms with E-state index in [2.05, 4.69) is 369 Å². The lowest BCUT2D eigenvalue weighted by molar-refractivity contribution is 0.308. The zero-order chi connectivity index (χ0) is 91.2. The van der Waals surface area contributed by atoms with E-state index in [1.165, 1.54) is 0 Å². The number of nitrogens with zero attached hydrogens (tertiary/aromatic N) is 12. The standard InChI is InChI=1S/C108H116N16O2Si2/c1-101(2,3)63-35-43-71-79(51-63)95-115-89(71)111-91-75-47-39-67(105(13,14)15)55-83(75)99(119-91)123-97-81-53-65(103(7,8)9)37-45-73(81)87(117-97)109-85-69-41-31-59(49-77(69)93(113-85)121-95)29-33-61(57-125-127(25,26)107(19,20)21)62(58-126-128(27,28)108(22,23)24)34-30-60-32-42-70-78(50-60)94-114-86(70)110-88-74-46-38-66(104(10,11)12)54-82(74)98(118-88)124-100-84-56-68(106(16,17)18)40-48-76(84)92(120-100)112-90-72-44-36-64(102(4,5)6)52-80(72)96(116-90)122-94/h31-32,35-56H,57-58H2,1-28H3,(H2,109,111,113,115,117,119,121,123)(H2,110,112,114,116,118,120,122,124)/b62-61+. The van der Waals surface area contributed by atoms with Crippen molar-refractivity contribution in [1.29, 1.82) is 0 Å². The second-order valence-corrected chi connectivity index (χ2v) is 54.0. The number of fused-ring (bicyclic) bond motifs is 40. The SMILES string of the molecule is CC(C)(C)c1ccc2c(c1)-c1nc-2nc2[nH]c(nc3nc(nc4[nH]c(n1)c1cc(C(C)(C)C)ccc41)-c1ccc(C#C/C(CO[Si](C)(C)C(C)(C)C)=C(/C#Cc4ccc5c(c4)-c4nc-5nc5[nH]c(nc6nc(nc7[nH]c(n4)c4cc(C(C)(C)C)ccc74)-c4ccc(C(C)(C)C)cc4-6)c4cc(C(C)(C)C)ccc54)CO[Si](C)(C)C(C)(C)C)cc1-3)c1cc(C(C)(C)C)ccc21. The second-order valence-electron chi connectivity index (χ2n) is 44.4. The summed E-state index contributed by atoms with van der Waals surface area (Å²) < 4.78 is 14.6. The molecule has 16 bridgehead atoms. The van der Waals surface area contributed by atoms with Crippen LogP contribution in [-0.4, -0.2) is 110 Å². The summed E-state index contributed by atoms with van der Waals surface area (Å²) in [5, 5.41) is 6.92. The molecule has 0 atom stereocenters. The smallest absolute Gasteiger partial charge is 0.192 e. The first-order chi connectivity index (χ1) is 59.8. The summed E-state index contributed by atoms with van der Waals surface area (Å²) in [6.45, 7) is 63.2. The van der Waals surface area contributed by atoms with E-state index in [0.29, 0.717) is 103 Å². The molecule has 0 aliphatic carbocycles. The van der Waals surface area contributed by atoms with Gasteiger partial charge in [-0.1, -0.05) is 263 Å². The van der Waals surface area contributed by atoms with E-state index in [1.807, 2.05) is 12.1 Å². The lowest BCUT2D eigenvalue weighted by Gasteiger charge is -2.37. The predicted octanol–water partition coefficient (Wildman–Crippen LogP) is 26.6. The van der Waals surface area contributed by atoms with Crippen molar-refractivity contribution in [3.63, 3.8) is 0 Å². The molecule has 0 saturated carbocycles. The van der Waals surface area contributed by atoms with Gasteiger partial charge in [0.15, 0.2) is 63.2 Å². The van der Waals surface area contributed by atoms with E-state index in [9.17, 15) is 0 Å². The summed E-state index contributed by atoms with van der Waals surface area (Å²) in [4.78, 5) is 80.5. The zero-order valence-electron chi connectivity index (χ0n) is 79.5. The fraction of sp³-hybridized carbons (Fsp3) is 0.352. The number of hydrogen-bond acceptors (Lipinski definition) is 14. The summed E-state index contributed by atoms with van der Waals surface area (Å²) >= 11 is 0. The fourth-order valence-corrected chi connectivity index (χ4v) is 18.1. The molecule has 0 amide bonds. The van der Waals surface area contributed by atoms with Crippen LogP contribution in [-0.2, 0) is 41.3 Å². The summed E-state index contributed by atoms with van der Waals surface area (Å²) in [6, 6.07) is 51.7. The predicted molar refractivity (Wildman–Crippen MR) is 531 cm³/mol. The minimum Gasteiger partial charge on any atom is -0.412 e. The van der Waals surface area contributed by atoms with Gasteiger partial charge >= 0.3 is 0 Å². The largest absolute Gasteiger partial charge is 0.412 e. The lowest BCUT2D eigenvalue weighted by atomic mass is 9.85. The Morgan fingerprint density at radius 1 is 0.242 bits per heavy atom. The van der Waals surface area contributed by atoms with Crippen LogP contribution in [0.15, 0.2) is 157 Å². The van der Waals surface area contributed by atoms with Gasteiger partial charge in [-0.2, -0.15) is 0 Å². The second kappa shape index (κ2) is 30.2. The normalized spacial score (nSPS) is 13.6. The molecule has 648 valence electrons. The van der Waals surface area contributed by atoms with Gasteiger partial charge in [-0.25, -0.2) is 59.8 Å². The van der Waals surface area contributed by atoms with Crippen LogP contribution in [0.2, 0.25) is 36.3 Å². The molecule has 18 rings (SSSR count). The summed E-state index contributed by atoms with van der Waals surface area (Å²) in [6.07, 6.45) is 0. The van der Waals surface area contributed by atoms with Gasteiger partial charge in [0.25, 0.3) is 0 Å². The minimum atomic E-state index is -2.47. The number of hydrogen-bond donors (Lipinski definition) is 4. The van der Waals surface area contributed by atoms with Crippen LogP contribution in [0.3, 0.4) is 0 Å². The first-order valence-electron chi connectivity index (χ1n) is 44.7. The van der Waals surface area contributed by atoms with Crippen molar-refractivity contribution < 1.29 is 8.85 Å². The Kier molecular flexibility index (Phi) is 20.4. The Morgan fingerprint density at radius 2 is 0.445 bits per heavy atom. The number of H-pyrrole nitrogens is 4. The van der Waals surface area contributed by atoms with Crippen molar-refractivity contribution in [3.05, 3.63) is 201 Å². The lowest BCUT2D eigenvalue weighted by Crippen LogP contribution is -2.42. The van der Waals surface area contributed by atoms with Crippen LogP contribution in [0, 0.1) is 23.7 Å². The molecule has 8 aromatic carbocycles. The fourth-order valence-electron chi connectivity index (χ4n) is 16.2. The van der Waals surface area contributed by atoms with E-state index in [4.69, 9.17) is 68.7 Å². The summed E-state index contributed by atoms with van der Waals surface area (Å²) in [5.41, 5.74) is 20.4. The van der Waals surface area contributed by atoms with Crippen molar-refractivity contribution in [3.8, 4) is 115 Å². The van der Waals surface area contributed by atoms with Gasteiger partial charge in [-0.3, -0.25) is 0 Å². The van der Waals surface area contributed by atoms with Crippen molar-refractivity contribution in [2.45, 2.75) is 235 Å². The Morgan fingerprint density at radius 3 is 0.680 bits per heavy atom. The maximum atomic E-state index is 7.30. The Balaban J connectivity index is 0.836. The molecule has 0 saturated heterocycles. The molecule has 14 aromatic rings. The van der Waals surface area contributed by atoms with Crippen molar-refractivity contribution >= 4 is 105 Å². The average molecular weight is 1730 g/mol. The van der Waals surface area contributed by atoms with Gasteiger partial charge in [0, 0.05) is 110 Å². The van der Waals surface area contributed by atoms with Gasteiger partial charge in [0.2, 0.25) is 0 Å². The third-order valence-electron chi connectivity index (χ3n) is 26.7. The van der Waals surface area contributed by atoms with Crippen molar-refractivity contribution in [2.75, 3.05) is 13.2 Å². The van der Waals surface area contributed by atoms with Crippen LogP contribution < -0.4 is 0 Å². The minimum absolute atomic E-state index is 0.134. The summed E-state index contributed by atoms with van der Waals surface area (Å²) in [5.74, 6) is 19.0. The molecule has 6 aromatic heterocycles. The van der Waals surface area contributed by atoms with Crippen molar-refractivity contribution in [1.82, 2.24) is 79.7 Å². The van der Waals surface area contributed by atoms with Crippen LogP contribution >= 0.6 is 0 Å². The molecule has 0 fully saturated rings. The number of aromatic amines is 4. The first-order valence-corrected chi connectivity index (χ1v) is 50.5. The Bertz CT molecular complexity index is 7160. The highest BCUT2D eigenvalue weighted by Crippen LogP contribution is 2.46. The molecule has 0 spiro atoms. The van der Waals surface area contributed by atoms with Gasteiger partial charge < -0.3 is 28.8 Å². The molecule has 128 heavy (non-hydrogen) atoms. The number of aromatic nitrogens is 16. The number of benzene rings is 8. The van der Waals surface area contributed by atoms with Gasteiger partial charge in [-0.05, 0) is 175 Å². The van der Waals surface area contributed by atoms with Gasteiger partial charge in [-0.15, -0.1) is 0 Å². The van der Waals surface area contributed by atoms with Crippen LogP contribution in [0.1, 0.15) is 211 Å². The van der Waals surface area contributed by atoms with Gasteiger partial charge in [0.1, 0.15) is 45.2 Å². The average Bonchev–Trinajstić information content (AvgIpc) is 1.59. The van der Waals surface area contributed by atoms with E-state index in [0.717, 1.165) is 132 Å². The zero-order valence-corrected chi connectivity index (χ0v) is 81.5. The van der Waals surface area contributed by atoms with Crippen LogP contribution in [0.25, 0.3) is 179 Å². The van der Waals surface area contributed by atoms with E-state index >= 15 is 0 Å². The van der Waals surface area contributed by atoms with Gasteiger partial charge in [0.05, 0.1) is 13.2 Å². The highest BCUT2D eigenvalue weighted by Gasteiger charge is 2.40.